The van der Waals surface area contributed by atoms with Crippen LogP contribution in [-0.4, -0.2) is 61.4 Å². The average molecular weight is 641 g/mol. The fourth-order valence-corrected chi connectivity index (χ4v) is 5.16. The zero-order valence-electron chi connectivity index (χ0n) is 26.3. The Balaban J connectivity index is 1.84. The summed E-state index contributed by atoms with van der Waals surface area (Å²) in [5.74, 6) is -4.17. The molecular formula is C34H42F2N4O6. The second-order valence-electron chi connectivity index (χ2n) is 11.6. The predicted octanol–water partition coefficient (Wildman–Crippen LogP) is 3.53. The van der Waals surface area contributed by atoms with Crippen molar-refractivity contribution < 1.29 is 37.5 Å². The summed E-state index contributed by atoms with van der Waals surface area (Å²) in [6.45, 7) is 3.79. The molecule has 248 valence electrons. The summed E-state index contributed by atoms with van der Waals surface area (Å²) >= 11 is 0. The van der Waals surface area contributed by atoms with Gasteiger partial charge in [-0.05, 0) is 48.4 Å². The van der Waals surface area contributed by atoms with E-state index in [-0.39, 0.29) is 36.7 Å². The van der Waals surface area contributed by atoms with Crippen molar-refractivity contribution in [2.45, 2.75) is 70.5 Å². The van der Waals surface area contributed by atoms with Gasteiger partial charge in [0.1, 0.15) is 17.7 Å². The van der Waals surface area contributed by atoms with Crippen molar-refractivity contribution in [1.82, 2.24) is 21.3 Å². The molecule has 0 spiro atoms. The molecule has 0 bridgehead atoms. The Morgan fingerprint density at radius 3 is 2.24 bits per heavy atom. The predicted molar refractivity (Wildman–Crippen MR) is 167 cm³/mol. The first-order chi connectivity index (χ1) is 22.0. The SMILES string of the molecule is COC(=O)[C@@H](NC(=O)N[C@@H](Cc1ccccc1F)C(=O)C[C@H]1CCCCNC(=O)/C=C/[C@H](Cc2ccccc2F)NC1=O)C(C)C. The molecule has 4 amide bonds. The fourth-order valence-electron chi connectivity index (χ4n) is 5.16. The monoisotopic (exact) mass is 640 g/mol. The second kappa shape index (κ2) is 17.8. The normalized spacial score (nSPS) is 19.3. The van der Waals surface area contributed by atoms with E-state index < -0.39 is 59.4 Å². The molecule has 0 radical (unpaired) electrons. The highest BCUT2D eigenvalue weighted by molar-refractivity contribution is 5.93. The molecule has 0 saturated heterocycles. The number of halogens is 2. The molecule has 0 aliphatic carbocycles. The minimum atomic E-state index is -1.23. The van der Waals surface area contributed by atoms with Crippen LogP contribution in [0.5, 0.6) is 0 Å². The van der Waals surface area contributed by atoms with Gasteiger partial charge < -0.3 is 26.0 Å². The van der Waals surface area contributed by atoms with Crippen molar-refractivity contribution in [2.24, 2.45) is 11.8 Å². The minimum Gasteiger partial charge on any atom is -0.467 e. The number of Topliss-reactive ketones (excluding diaryl/α,β-unsaturated/α-hetero) is 1. The lowest BCUT2D eigenvalue weighted by molar-refractivity contribution is -0.144. The molecule has 10 nitrogen and oxygen atoms in total. The van der Waals surface area contributed by atoms with Gasteiger partial charge in [0.25, 0.3) is 0 Å². The van der Waals surface area contributed by atoms with E-state index in [9.17, 15) is 32.8 Å². The Labute approximate surface area is 267 Å². The third kappa shape index (κ3) is 11.1. The van der Waals surface area contributed by atoms with Crippen LogP contribution in [0.3, 0.4) is 0 Å². The Morgan fingerprint density at radius 2 is 1.61 bits per heavy atom. The Kier molecular flexibility index (Phi) is 13.9. The van der Waals surface area contributed by atoms with Gasteiger partial charge in [0.2, 0.25) is 11.8 Å². The molecule has 0 unspecified atom stereocenters. The molecule has 1 aliphatic heterocycles. The number of benzene rings is 2. The Hall–Kier alpha value is -4.61. The van der Waals surface area contributed by atoms with Gasteiger partial charge in [-0.25, -0.2) is 18.4 Å². The van der Waals surface area contributed by atoms with Gasteiger partial charge in [0, 0.05) is 31.4 Å². The van der Waals surface area contributed by atoms with Crippen molar-refractivity contribution in [2.75, 3.05) is 13.7 Å². The second-order valence-corrected chi connectivity index (χ2v) is 11.6. The van der Waals surface area contributed by atoms with Gasteiger partial charge in [-0.2, -0.15) is 0 Å². The summed E-state index contributed by atoms with van der Waals surface area (Å²) in [5.41, 5.74) is 0.521. The lowest BCUT2D eigenvalue weighted by Gasteiger charge is -2.25. The molecular weight excluding hydrogens is 598 g/mol. The van der Waals surface area contributed by atoms with Crippen LogP contribution in [0.25, 0.3) is 0 Å². The lowest BCUT2D eigenvalue weighted by Crippen LogP contribution is -2.53. The van der Waals surface area contributed by atoms with Crippen LogP contribution in [0.1, 0.15) is 50.7 Å². The van der Waals surface area contributed by atoms with E-state index in [2.05, 4.69) is 21.3 Å². The Bertz CT molecular complexity index is 1420. The highest BCUT2D eigenvalue weighted by Crippen LogP contribution is 2.19. The van der Waals surface area contributed by atoms with Crippen molar-refractivity contribution in [3.63, 3.8) is 0 Å². The van der Waals surface area contributed by atoms with Crippen LogP contribution in [0, 0.1) is 23.5 Å². The fraction of sp³-hybridized carbons (Fsp3) is 0.441. The minimum absolute atomic E-state index is 0.0672. The number of ketones is 1. The summed E-state index contributed by atoms with van der Waals surface area (Å²) in [6, 6.07) is 8.15. The summed E-state index contributed by atoms with van der Waals surface area (Å²) in [7, 11) is 1.19. The van der Waals surface area contributed by atoms with Crippen LogP contribution in [0.2, 0.25) is 0 Å². The lowest BCUT2D eigenvalue weighted by atomic mass is 9.90. The number of urea groups is 1. The highest BCUT2D eigenvalue weighted by Gasteiger charge is 2.31. The van der Waals surface area contributed by atoms with Gasteiger partial charge in [-0.1, -0.05) is 62.7 Å². The molecule has 0 saturated carbocycles. The molecule has 4 N–H and O–H groups in total. The number of hydrogen-bond acceptors (Lipinski definition) is 6. The highest BCUT2D eigenvalue weighted by atomic mass is 19.1. The number of amides is 4. The van der Waals surface area contributed by atoms with Crippen LogP contribution in [0.15, 0.2) is 60.7 Å². The third-order valence-electron chi connectivity index (χ3n) is 7.79. The van der Waals surface area contributed by atoms with E-state index in [4.69, 9.17) is 4.74 Å². The smallest absolute Gasteiger partial charge is 0.328 e. The van der Waals surface area contributed by atoms with Crippen molar-refractivity contribution >= 4 is 29.6 Å². The van der Waals surface area contributed by atoms with Gasteiger partial charge in [0.15, 0.2) is 5.78 Å². The maximum Gasteiger partial charge on any atom is 0.328 e. The van der Waals surface area contributed by atoms with Crippen LogP contribution in [0.4, 0.5) is 13.6 Å². The summed E-state index contributed by atoms with van der Waals surface area (Å²) in [5, 5.41) is 10.7. The largest absolute Gasteiger partial charge is 0.467 e. The average Bonchev–Trinajstić information content (AvgIpc) is 3.02. The van der Waals surface area contributed by atoms with Gasteiger partial charge in [0.05, 0.1) is 19.2 Å². The van der Waals surface area contributed by atoms with E-state index in [1.54, 1.807) is 38.1 Å². The number of carbonyl (C=O) groups excluding carboxylic acids is 5. The first-order valence-electron chi connectivity index (χ1n) is 15.4. The molecule has 12 heteroatoms. The quantitative estimate of drug-likeness (QED) is 0.277. The molecule has 2 aromatic rings. The number of rotatable bonds is 11. The van der Waals surface area contributed by atoms with Crippen LogP contribution >= 0.6 is 0 Å². The number of methoxy groups -OCH3 is 1. The number of carbonyl (C=O) groups is 5. The number of ether oxygens (including phenoxy) is 1. The zero-order valence-corrected chi connectivity index (χ0v) is 26.3. The van der Waals surface area contributed by atoms with E-state index in [0.717, 1.165) is 0 Å². The summed E-state index contributed by atoms with van der Waals surface area (Å²) in [4.78, 5) is 64.9. The van der Waals surface area contributed by atoms with Gasteiger partial charge >= 0.3 is 12.0 Å². The molecule has 0 aromatic heterocycles. The Morgan fingerprint density at radius 1 is 0.957 bits per heavy atom. The first kappa shape index (κ1) is 35.9. The van der Waals surface area contributed by atoms with E-state index in [0.29, 0.717) is 31.4 Å². The van der Waals surface area contributed by atoms with Crippen LogP contribution in [-0.2, 0) is 36.8 Å². The molecule has 1 aliphatic rings. The molecule has 0 fully saturated rings. The van der Waals surface area contributed by atoms with E-state index >= 15 is 0 Å². The van der Waals surface area contributed by atoms with Crippen LogP contribution < -0.4 is 21.3 Å². The van der Waals surface area contributed by atoms with Crippen molar-refractivity contribution in [3.8, 4) is 0 Å². The van der Waals surface area contributed by atoms with Gasteiger partial charge in [-0.15, -0.1) is 0 Å². The topological polar surface area (TPSA) is 143 Å². The van der Waals surface area contributed by atoms with E-state index in [1.165, 1.54) is 43.5 Å². The van der Waals surface area contributed by atoms with Crippen molar-refractivity contribution in [1.29, 1.82) is 0 Å². The van der Waals surface area contributed by atoms with Gasteiger partial charge in [-0.3, -0.25) is 14.4 Å². The maximum atomic E-state index is 14.6. The molecule has 3 rings (SSSR count). The number of esters is 1. The molecule has 4 atom stereocenters. The third-order valence-corrected chi connectivity index (χ3v) is 7.79. The van der Waals surface area contributed by atoms with Crippen molar-refractivity contribution in [3.05, 3.63) is 83.4 Å². The number of hydrogen-bond donors (Lipinski definition) is 4. The molecule has 2 aromatic carbocycles. The van der Waals surface area contributed by atoms with E-state index in [1.807, 2.05) is 0 Å². The maximum absolute atomic E-state index is 14.6. The molecule has 46 heavy (non-hydrogen) atoms. The summed E-state index contributed by atoms with van der Waals surface area (Å²) in [6.07, 6.45) is 3.73. The number of nitrogens with one attached hydrogen (secondary N) is 4. The zero-order chi connectivity index (χ0) is 33.6. The standard InChI is InChI=1S/C34H42F2N4O6/c1-21(2)31(33(44)46-3)40-34(45)39-28(19-23-11-5-7-14-27(23)36)29(41)20-24-12-8-9-17-37-30(42)16-15-25(38-32(24)43)18-22-10-4-6-13-26(22)35/h4-7,10-11,13-16,21,24-25,28,31H,8-9,12,17-20H2,1-3H3,(H,37,42)(H,38,43)(H2,39,40,45)/b16-15+/t24-,25-,28+,31+/m1/s1. The molecule has 1 heterocycles. The first-order valence-corrected chi connectivity index (χ1v) is 15.4. The summed E-state index contributed by atoms with van der Waals surface area (Å²) < 4.78 is 33.9.